The minimum atomic E-state index is -3.45. The van der Waals surface area contributed by atoms with Gasteiger partial charge in [0.05, 0.1) is 4.90 Å². The second-order valence-corrected chi connectivity index (χ2v) is 7.69. The Morgan fingerprint density at radius 1 is 1.14 bits per heavy atom. The van der Waals surface area contributed by atoms with Gasteiger partial charge in [0.2, 0.25) is 10.0 Å². The van der Waals surface area contributed by atoms with Gasteiger partial charge in [0.25, 0.3) is 0 Å². The molecule has 5 heteroatoms. The fourth-order valence-electron chi connectivity index (χ4n) is 1.93. The van der Waals surface area contributed by atoms with Gasteiger partial charge >= 0.3 is 0 Å². The summed E-state index contributed by atoms with van der Waals surface area (Å²) >= 11 is 0. The normalized spacial score (nSPS) is 15.1. The van der Waals surface area contributed by atoms with Crippen LogP contribution >= 0.6 is 0 Å². The fourth-order valence-corrected chi connectivity index (χ4v) is 3.35. The lowest BCUT2D eigenvalue weighted by atomic mass is 10.0. The van der Waals surface area contributed by atoms with E-state index >= 15 is 0 Å². The molecule has 0 aliphatic carbocycles. The number of rotatable bonds is 8. The van der Waals surface area contributed by atoms with Crippen molar-refractivity contribution in [1.82, 2.24) is 10.0 Å². The van der Waals surface area contributed by atoms with Gasteiger partial charge in [-0.1, -0.05) is 46.2 Å². The Bertz CT molecular complexity index is 541. The molecule has 0 aliphatic rings. The molecule has 0 amide bonds. The maximum Gasteiger partial charge on any atom is 0.240 e. The topological polar surface area (TPSA) is 58.2 Å². The maximum absolute atomic E-state index is 12.4. The molecule has 1 aromatic rings. The van der Waals surface area contributed by atoms with E-state index in [4.69, 9.17) is 0 Å². The zero-order valence-corrected chi connectivity index (χ0v) is 14.5. The van der Waals surface area contributed by atoms with E-state index in [9.17, 15) is 8.42 Å². The number of benzene rings is 1. The number of sulfonamides is 1. The monoisotopic (exact) mass is 312 g/mol. The highest BCUT2D eigenvalue weighted by Gasteiger charge is 2.20. The van der Waals surface area contributed by atoms with Gasteiger partial charge in [-0.2, -0.15) is 0 Å². The molecule has 0 spiro atoms. The summed E-state index contributed by atoms with van der Waals surface area (Å²) in [4.78, 5) is 0.334. The number of hydrogen-bond donors (Lipinski definition) is 2. The standard InChI is InChI=1S/C16H28N2O2S/c1-6-13(4)14(5)18-21(19,20)16-9-7-8-15(10-16)11-17-12(2)3/h7-10,12-14,17-18H,6,11H2,1-5H3. The van der Waals surface area contributed by atoms with E-state index in [1.165, 1.54) is 0 Å². The molecule has 0 aromatic heterocycles. The predicted molar refractivity (Wildman–Crippen MR) is 87.7 cm³/mol. The summed E-state index contributed by atoms with van der Waals surface area (Å²) in [5.41, 5.74) is 0.975. The van der Waals surface area contributed by atoms with Crippen LogP contribution in [0.25, 0.3) is 0 Å². The van der Waals surface area contributed by atoms with Crippen molar-refractivity contribution in [2.45, 2.75) is 64.6 Å². The molecule has 2 unspecified atom stereocenters. The van der Waals surface area contributed by atoms with Crippen molar-refractivity contribution in [2.75, 3.05) is 0 Å². The average molecular weight is 312 g/mol. The molecule has 4 nitrogen and oxygen atoms in total. The van der Waals surface area contributed by atoms with Gasteiger partial charge in [-0.25, -0.2) is 13.1 Å². The average Bonchev–Trinajstić information content (AvgIpc) is 2.44. The first-order chi connectivity index (χ1) is 9.76. The van der Waals surface area contributed by atoms with Crippen LogP contribution in [0.3, 0.4) is 0 Å². The zero-order chi connectivity index (χ0) is 16.0. The molecule has 0 aliphatic heterocycles. The molecular formula is C16H28N2O2S. The number of nitrogens with one attached hydrogen (secondary N) is 2. The molecule has 0 heterocycles. The van der Waals surface area contributed by atoms with Crippen LogP contribution in [-0.4, -0.2) is 20.5 Å². The third-order valence-corrected chi connectivity index (χ3v) is 5.32. The summed E-state index contributed by atoms with van der Waals surface area (Å²) in [6.07, 6.45) is 0.946. The Morgan fingerprint density at radius 2 is 1.81 bits per heavy atom. The summed E-state index contributed by atoms with van der Waals surface area (Å²) in [6.45, 7) is 10.8. The van der Waals surface area contributed by atoms with Gasteiger partial charge in [0.1, 0.15) is 0 Å². The Kier molecular flexibility index (Phi) is 6.84. The largest absolute Gasteiger partial charge is 0.310 e. The van der Waals surface area contributed by atoms with Gasteiger partial charge in [-0.15, -0.1) is 0 Å². The van der Waals surface area contributed by atoms with Crippen molar-refractivity contribution < 1.29 is 8.42 Å². The van der Waals surface area contributed by atoms with Crippen molar-refractivity contribution in [3.05, 3.63) is 29.8 Å². The van der Waals surface area contributed by atoms with Crippen molar-refractivity contribution in [2.24, 2.45) is 5.92 Å². The quantitative estimate of drug-likeness (QED) is 0.776. The minimum absolute atomic E-state index is 0.0718. The molecule has 21 heavy (non-hydrogen) atoms. The Hall–Kier alpha value is -0.910. The second kappa shape index (κ2) is 7.92. The van der Waals surface area contributed by atoms with Crippen molar-refractivity contribution >= 4 is 10.0 Å². The Balaban J connectivity index is 2.86. The lowest BCUT2D eigenvalue weighted by molar-refractivity contribution is 0.434. The minimum Gasteiger partial charge on any atom is -0.310 e. The summed E-state index contributed by atoms with van der Waals surface area (Å²) < 4.78 is 27.6. The van der Waals surface area contributed by atoms with Crippen LogP contribution in [0, 0.1) is 5.92 Å². The molecule has 0 fully saturated rings. The molecule has 0 saturated heterocycles. The molecule has 0 saturated carbocycles. The highest BCUT2D eigenvalue weighted by Crippen LogP contribution is 2.15. The molecule has 2 N–H and O–H groups in total. The van der Waals surface area contributed by atoms with E-state index in [1.807, 2.05) is 13.0 Å². The molecule has 120 valence electrons. The highest BCUT2D eigenvalue weighted by molar-refractivity contribution is 7.89. The first-order valence-electron chi connectivity index (χ1n) is 7.61. The zero-order valence-electron chi connectivity index (χ0n) is 13.7. The summed E-state index contributed by atoms with van der Waals surface area (Å²) in [6, 6.07) is 7.41. The highest BCUT2D eigenvalue weighted by atomic mass is 32.2. The first-order valence-corrected chi connectivity index (χ1v) is 9.09. The van der Waals surface area contributed by atoms with Gasteiger partial charge in [0.15, 0.2) is 0 Å². The molecule has 0 radical (unpaired) electrons. The van der Waals surface area contributed by atoms with Gasteiger partial charge in [0, 0.05) is 18.6 Å². The first kappa shape index (κ1) is 18.1. The lowest BCUT2D eigenvalue weighted by Crippen LogP contribution is -2.36. The van der Waals surface area contributed by atoms with E-state index < -0.39 is 10.0 Å². The van der Waals surface area contributed by atoms with Crippen molar-refractivity contribution in [1.29, 1.82) is 0 Å². The van der Waals surface area contributed by atoms with E-state index in [0.717, 1.165) is 12.0 Å². The van der Waals surface area contributed by atoms with Crippen LogP contribution in [0.5, 0.6) is 0 Å². The van der Waals surface area contributed by atoms with Gasteiger partial charge in [-0.3, -0.25) is 0 Å². The van der Waals surface area contributed by atoms with Gasteiger partial charge in [-0.05, 0) is 30.5 Å². The van der Waals surface area contributed by atoms with Crippen molar-refractivity contribution in [3.8, 4) is 0 Å². The third kappa shape index (κ3) is 5.77. The van der Waals surface area contributed by atoms with Crippen LogP contribution in [0.2, 0.25) is 0 Å². The molecule has 1 aromatic carbocycles. The van der Waals surface area contributed by atoms with Gasteiger partial charge < -0.3 is 5.32 Å². The van der Waals surface area contributed by atoms with Crippen LogP contribution in [0.1, 0.15) is 46.6 Å². The SMILES string of the molecule is CCC(C)C(C)NS(=O)(=O)c1cccc(CNC(C)C)c1. The van der Waals surface area contributed by atoms with E-state index in [2.05, 4.69) is 37.7 Å². The van der Waals surface area contributed by atoms with Crippen molar-refractivity contribution in [3.63, 3.8) is 0 Å². The number of hydrogen-bond acceptors (Lipinski definition) is 3. The Labute approximate surface area is 129 Å². The molecular weight excluding hydrogens is 284 g/mol. The lowest BCUT2D eigenvalue weighted by Gasteiger charge is -2.20. The fraction of sp³-hybridized carbons (Fsp3) is 0.625. The van der Waals surface area contributed by atoms with Crippen LogP contribution < -0.4 is 10.0 Å². The van der Waals surface area contributed by atoms with Crippen LogP contribution in [-0.2, 0) is 16.6 Å². The van der Waals surface area contributed by atoms with E-state index in [0.29, 0.717) is 23.4 Å². The predicted octanol–water partition coefficient (Wildman–Crippen LogP) is 2.90. The summed E-state index contributed by atoms with van der Waals surface area (Å²) in [7, 11) is -3.45. The second-order valence-electron chi connectivity index (χ2n) is 5.98. The van der Waals surface area contributed by atoms with E-state index in [1.54, 1.807) is 18.2 Å². The molecule has 0 bridgehead atoms. The third-order valence-electron chi connectivity index (χ3n) is 3.76. The maximum atomic E-state index is 12.4. The smallest absolute Gasteiger partial charge is 0.240 e. The van der Waals surface area contributed by atoms with Crippen LogP contribution in [0.15, 0.2) is 29.2 Å². The van der Waals surface area contributed by atoms with E-state index in [-0.39, 0.29) is 6.04 Å². The molecule has 2 atom stereocenters. The molecule has 1 rings (SSSR count). The summed E-state index contributed by atoms with van der Waals surface area (Å²) in [5.74, 6) is 0.311. The Morgan fingerprint density at radius 3 is 2.38 bits per heavy atom. The van der Waals surface area contributed by atoms with Crippen LogP contribution in [0.4, 0.5) is 0 Å². The summed E-state index contributed by atoms with van der Waals surface area (Å²) in [5, 5.41) is 3.29.